The van der Waals surface area contributed by atoms with E-state index >= 15 is 0 Å². The number of nitrogens with zero attached hydrogens (tertiary/aromatic N) is 1. The Labute approximate surface area is 32.2 Å². The van der Waals surface area contributed by atoms with E-state index in [0.717, 1.165) is 0 Å². The van der Waals surface area contributed by atoms with Crippen LogP contribution in [0.2, 0.25) is 0 Å². The zero-order valence-corrected chi connectivity index (χ0v) is 3.10. The fraction of sp³-hybridized carbons (Fsp3) is 0.500. The maximum atomic E-state index is 7.77. The first-order valence-corrected chi connectivity index (χ1v) is 1.42. The lowest BCUT2D eigenvalue weighted by Crippen LogP contribution is -1.73. The lowest BCUT2D eigenvalue weighted by molar-refractivity contribution is 0.953. The molecule has 0 aliphatic rings. The van der Waals surface area contributed by atoms with Gasteiger partial charge < -0.3 is 0 Å². The monoisotopic (exact) mass is 67.0 g/mol. The molecule has 2 radical (unpaired) electrons. The molecule has 0 heterocycles. The molecule has 1 nitrogen and oxygen atoms in total. The second-order valence-corrected chi connectivity index (χ2v) is 0.918. The highest BCUT2D eigenvalue weighted by molar-refractivity contribution is 4.79. The predicted molar refractivity (Wildman–Crippen MR) is 19.1 cm³/mol. The van der Waals surface area contributed by atoms with Crippen LogP contribution in [0, 0.1) is 24.2 Å². The van der Waals surface area contributed by atoms with Crippen LogP contribution < -0.4 is 0 Å². The number of hydrogen-bond donors (Lipinski definition) is 0. The van der Waals surface area contributed by atoms with Crippen molar-refractivity contribution in [2.45, 2.75) is 6.92 Å². The summed E-state index contributed by atoms with van der Waals surface area (Å²) in [6.45, 7) is 6.57. The van der Waals surface area contributed by atoms with Gasteiger partial charge in [0.1, 0.15) is 0 Å². The molecule has 0 aromatic rings. The first-order valence-electron chi connectivity index (χ1n) is 1.42. The lowest BCUT2D eigenvalue weighted by atomic mass is 10.3. The SMILES string of the molecule is [CH]C(C)C#N. The smallest absolute Gasteiger partial charge is 0.0656 e. The summed E-state index contributed by atoms with van der Waals surface area (Å²) in [5, 5.41) is 7.77. The Morgan fingerprint density at radius 3 is 2.20 bits per heavy atom. The molecule has 0 N–H and O–H groups in total. The van der Waals surface area contributed by atoms with Crippen molar-refractivity contribution in [1.29, 1.82) is 5.26 Å². The molecule has 0 aliphatic carbocycles. The van der Waals surface area contributed by atoms with Crippen LogP contribution in [0.1, 0.15) is 6.92 Å². The van der Waals surface area contributed by atoms with Crippen molar-refractivity contribution < 1.29 is 0 Å². The maximum Gasteiger partial charge on any atom is 0.0656 e. The molecule has 0 spiro atoms. The van der Waals surface area contributed by atoms with Crippen LogP contribution in [0.5, 0.6) is 0 Å². The van der Waals surface area contributed by atoms with E-state index in [9.17, 15) is 0 Å². The third-order valence-corrected chi connectivity index (χ3v) is 0.204. The van der Waals surface area contributed by atoms with Gasteiger partial charge in [0.2, 0.25) is 0 Å². The van der Waals surface area contributed by atoms with E-state index in [1.807, 2.05) is 0 Å². The molecule has 0 bridgehead atoms. The highest BCUT2D eigenvalue weighted by Crippen LogP contribution is 1.80. The minimum atomic E-state index is -0.310. The zero-order valence-electron chi connectivity index (χ0n) is 3.10. The Hall–Kier alpha value is -0.510. The van der Waals surface area contributed by atoms with Crippen LogP contribution in [0.15, 0.2) is 0 Å². The Kier molecular flexibility index (Phi) is 1.60. The van der Waals surface area contributed by atoms with Gasteiger partial charge in [-0.3, -0.25) is 0 Å². The van der Waals surface area contributed by atoms with Gasteiger partial charge in [-0.15, -0.1) is 0 Å². The van der Waals surface area contributed by atoms with Crippen molar-refractivity contribution in [3.8, 4) is 6.07 Å². The van der Waals surface area contributed by atoms with Gasteiger partial charge in [-0.25, -0.2) is 0 Å². The zero-order chi connectivity index (χ0) is 4.28. The average Bonchev–Trinajstić information content (AvgIpc) is 1.38. The van der Waals surface area contributed by atoms with Crippen LogP contribution in [-0.4, -0.2) is 0 Å². The topological polar surface area (TPSA) is 23.8 Å². The number of rotatable bonds is 0. The van der Waals surface area contributed by atoms with E-state index < -0.39 is 0 Å². The molecule has 0 rings (SSSR count). The van der Waals surface area contributed by atoms with Crippen LogP contribution in [-0.2, 0) is 0 Å². The summed E-state index contributed by atoms with van der Waals surface area (Å²) >= 11 is 0. The third kappa shape index (κ3) is 3.49. The minimum Gasteiger partial charge on any atom is -0.198 e. The molecule has 0 aromatic carbocycles. The van der Waals surface area contributed by atoms with E-state index in [0.29, 0.717) is 0 Å². The second kappa shape index (κ2) is 1.78. The molecule has 0 amide bonds. The van der Waals surface area contributed by atoms with Crippen molar-refractivity contribution in [1.82, 2.24) is 0 Å². The maximum absolute atomic E-state index is 7.77. The minimum absolute atomic E-state index is 0.310. The quantitative estimate of drug-likeness (QED) is 0.412. The first kappa shape index (κ1) is 4.49. The van der Waals surface area contributed by atoms with Crippen LogP contribution >= 0.6 is 0 Å². The lowest BCUT2D eigenvalue weighted by Gasteiger charge is -1.75. The van der Waals surface area contributed by atoms with Gasteiger partial charge in [-0.05, 0) is 13.8 Å². The molecule has 1 unspecified atom stereocenters. The van der Waals surface area contributed by atoms with Gasteiger partial charge in [0.15, 0.2) is 0 Å². The van der Waals surface area contributed by atoms with Crippen LogP contribution in [0.3, 0.4) is 0 Å². The largest absolute Gasteiger partial charge is 0.198 e. The van der Waals surface area contributed by atoms with Gasteiger partial charge >= 0.3 is 0 Å². The second-order valence-electron chi connectivity index (χ2n) is 0.918. The summed E-state index contributed by atoms with van der Waals surface area (Å²) < 4.78 is 0. The molecule has 0 aliphatic heterocycles. The van der Waals surface area contributed by atoms with E-state index in [1.165, 1.54) is 0 Å². The van der Waals surface area contributed by atoms with E-state index in [4.69, 9.17) is 12.2 Å². The molecule has 26 valence electrons. The summed E-state index contributed by atoms with van der Waals surface area (Å²) in [4.78, 5) is 0. The molecule has 0 saturated carbocycles. The van der Waals surface area contributed by atoms with Gasteiger partial charge in [0, 0.05) is 5.92 Å². The van der Waals surface area contributed by atoms with E-state index in [-0.39, 0.29) is 5.92 Å². The van der Waals surface area contributed by atoms with Crippen LogP contribution in [0.25, 0.3) is 0 Å². The number of hydrogen-bond acceptors (Lipinski definition) is 1. The highest BCUT2D eigenvalue weighted by atomic mass is 14.2. The molecule has 0 fully saturated rings. The standard InChI is InChI=1S/C4H5N/c1-4(2)3-5/h1,4H,2H3. The normalized spacial score (nSPS) is 7.60. The van der Waals surface area contributed by atoms with Crippen molar-refractivity contribution in [3.05, 3.63) is 6.92 Å². The van der Waals surface area contributed by atoms with Crippen LogP contribution in [0.4, 0.5) is 0 Å². The predicted octanol–water partition coefficient (Wildman–Crippen LogP) is 0.857. The Bertz CT molecular complexity index is 49.2. The summed E-state index contributed by atoms with van der Waals surface area (Å²) in [6, 6.07) is 1.81. The van der Waals surface area contributed by atoms with Gasteiger partial charge in [0.25, 0.3) is 0 Å². The molecule has 1 atom stereocenters. The molecular weight excluding hydrogens is 62.1 g/mol. The fourth-order valence-electron chi connectivity index (χ4n) is 0. The van der Waals surface area contributed by atoms with Gasteiger partial charge in [-0.2, -0.15) is 5.26 Å². The van der Waals surface area contributed by atoms with Crippen molar-refractivity contribution in [2.24, 2.45) is 5.92 Å². The fourth-order valence-corrected chi connectivity index (χ4v) is 0. The summed E-state index contributed by atoms with van der Waals surface area (Å²) in [5.41, 5.74) is 0. The Morgan fingerprint density at radius 1 is 2.00 bits per heavy atom. The third-order valence-electron chi connectivity index (χ3n) is 0.204. The van der Waals surface area contributed by atoms with E-state index in [2.05, 4.69) is 0 Å². The number of nitriles is 1. The van der Waals surface area contributed by atoms with Crippen molar-refractivity contribution in [2.75, 3.05) is 0 Å². The van der Waals surface area contributed by atoms with Gasteiger partial charge in [-0.1, -0.05) is 0 Å². The van der Waals surface area contributed by atoms with Crippen molar-refractivity contribution in [3.63, 3.8) is 0 Å². The molecule has 0 aromatic heterocycles. The first-order chi connectivity index (χ1) is 2.27. The highest BCUT2D eigenvalue weighted by Gasteiger charge is 1.79. The summed E-state index contributed by atoms with van der Waals surface area (Å²) in [7, 11) is 0. The van der Waals surface area contributed by atoms with E-state index in [1.54, 1.807) is 13.0 Å². The molecular formula is C4H5N. The summed E-state index contributed by atoms with van der Waals surface area (Å²) in [6.07, 6.45) is 0. The van der Waals surface area contributed by atoms with Crippen molar-refractivity contribution >= 4 is 0 Å². The molecule has 0 saturated heterocycles. The Morgan fingerprint density at radius 2 is 2.20 bits per heavy atom. The molecule has 1 heteroatoms. The Balaban J connectivity index is 2.94. The summed E-state index contributed by atoms with van der Waals surface area (Å²) in [5.74, 6) is -0.310. The van der Waals surface area contributed by atoms with Gasteiger partial charge in [0.05, 0.1) is 6.07 Å². The average molecular weight is 67.1 g/mol. The molecule has 5 heavy (non-hydrogen) atoms.